The number of methoxy groups -OCH3 is 1. The Bertz CT molecular complexity index is 990. The molecule has 2 aromatic carbocycles. The normalized spacial score (nSPS) is 11.6. The van der Waals surface area contributed by atoms with Gasteiger partial charge >= 0.3 is 0 Å². The van der Waals surface area contributed by atoms with E-state index in [0.29, 0.717) is 12.3 Å². The average molecular weight is 346 g/mol. The zero-order valence-corrected chi connectivity index (χ0v) is 13.7. The number of ether oxygens (including phenoxy) is 1. The third kappa shape index (κ3) is 3.22. The van der Waals surface area contributed by atoms with Crippen LogP contribution in [0.15, 0.2) is 59.6 Å². The highest BCUT2D eigenvalue weighted by Crippen LogP contribution is 2.26. The number of anilines is 1. The van der Waals surface area contributed by atoms with Crippen LogP contribution < -0.4 is 4.72 Å². The van der Waals surface area contributed by atoms with Crippen LogP contribution in [0.25, 0.3) is 10.9 Å². The largest absolute Gasteiger partial charge is 0.380 e. The Labute approximate surface area is 139 Å². The Morgan fingerprint density at radius 2 is 2.00 bits per heavy atom. The number of benzene rings is 2. The molecule has 0 fully saturated rings. The molecule has 0 unspecified atom stereocenters. The Balaban J connectivity index is 2.03. The molecule has 3 rings (SSSR count). The SMILES string of the molecule is COCc1cccc(NS(=O)(=O)c2ccc(F)c3ncccc23)c1. The first-order chi connectivity index (χ1) is 11.5. The number of nitrogens with one attached hydrogen (secondary N) is 1. The Kier molecular flexibility index (Phi) is 4.46. The van der Waals surface area contributed by atoms with E-state index in [-0.39, 0.29) is 15.8 Å². The van der Waals surface area contributed by atoms with E-state index < -0.39 is 15.8 Å². The van der Waals surface area contributed by atoms with Gasteiger partial charge in [0.25, 0.3) is 10.0 Å². The summed E-state index contributed by atoms with van der Waals surface area (Å²) in [4.78, 5) is 3.89. The molecule has 5 nitrogen and oxygen atoms in total. The van der Waals surface area contributed by atoms with Gasteiger partial charge < -0.3 is 4.74 Å². The first-order valence-corrected chi connectivity index (χ1v) is 8.63. The predicted molar refractivity (Wildman–Crippen MR) is 89.7 cm³/mol. The van der Waals surface area contributed by atoms with Gasteiger partial charge in [-0.25, -0.2) is 12.8 Å². The molecule has 24 heavy (non-hydrogen) atoms. The third-order valence-corrected chi connectivity index (χ3v) is 4.90. The maximum absolute atomic E-state index is 13.8. The van der Waals surface area contributed by atoms with E-state index >= 15 is 0 Å². The van der Waals surface area contributed by atoms with Crippen molar-refractivity contribution in [3.63, 3.8) is 0 Å². The summed E-state index contributed by atoms with van der Waals surface area (Å²) in [6.07, 6.45) is 1.42. The molecule has 1 aromatic heterocycles. The highest BCUT2D eigenvalue weighted by Gasteiger charge is 2.19. The smallest absolute Gasteiger partial charge is 0.262 e. The molecule has 0 bridgehead atoms. The lowest BCUT2D eigenvalue weighted by Gasteiger charge is -2.11. The van der Waals surface area contributed by atoms with Gasteiger partial charge in [0.15, 0.2) is 0 Å². The maximum Gasteiger partial charge on any atom is 0.262 e. The van der Waals surface area contributed by atoms with Crippen molar-refractivity contribution < 1.29 is 17.5 Å². The van der Waals surface area contributed by atoms with Crippen LogP contribution in [0.1, 0.15) is 5.56 Å². The fourth-order valence-electron chi connectivity index (χ4n) is 2.45. The highest BCUT2D eigenvalue weighted by atomic mass is 32.2. The summed E-state index contributed by atoms with van der Waals surface area (Å²) in [5.41, 5.74) is 1.27. The quantitative estimate of drug-likeness (QED) is 0.769. The summed E-state index contributed by atoms with van der Waals surface area (Å²) < 4.78 is 46.8. The van der Waals surface area contributed by atoms with E-state index in [1.165, 1.54) is 18.3 Å². The molecule has 7 heteroatoms. The number of pyridine rings is 1. The van der Waals surface area contributed by atoms with Crippen molar-refractivity contribution in [2.75, 3.05) is 11.8 Å². The molecule has 0 atom stereocenters. The topological polar surface area (TPSA) is 68.3 Å². The van der Waals surface area contributed by atoms with Crippen molar-refractivity contribution in [2.45, 2.75) is 11.5 Å². The lowest BCUT2D eigenvalue weighted by molar-refractivity contribution is 0.185. The monoisotopic (exact) mass is 346 g/mol. The first-order valence-electron chi connectivity index (χ1n) is 7.15. The van der Waals surface area contributed by atoms with Crippen molar-refractivity contribution >= 4 is 26.6 Å². The Hall–Kier alpha value is -2.51. The molecule has 0 aliphatic rings. The summed E-state index contributed by atoms with van der Waals surface area (Å²) in [5.74, 6) is -0.563. The predicted octanol–water partition coefficient (Wildman–Crippen LogP) is 3.32. The van der Waals surface area contributed by atoms with Gasteiger partial charge in [0.1, 0.15) is 11.3 Å². The van der Waals surface area contributed by atoms with Gasteiger partial charge in [-0.05, 0) is 42.0 Å². The number of sulfonamides is 1. The molecular formula is C17H15FN2O3S. The van der Waals surface area contributed by atoms with Crippen LogP contribution in [0.3, 0.4) is 0 Å². The van der Waals surface area contributed by atoms with Crippen molar-refractivity contribution in [3.05, 3.63) is 66.1 Å². The van der Waals surface area contributed by atoms with Crippen LogP contribution in [-0.2, 0) is 21.4 Å². The van der Waals surface area contributed by atoms with Crippen LogP contribution in [0.2, 0.25) is 0 Å². The van der Waals surface area contributed by atoms with E-state index in [4.69, 9.17) is 4.74 Å². The zero-order chi connectivity index (χ0) is 17.2. The number of nitrogens with zero attached hydrogens (tertiary/aromatic N) is 1. The number of rotatable bonds is 5. The summed E-state index contributed by atoms with van der Waals surface area (Å²) in [6.45, 7) is 0.374. The van der Waals surface area contributed by atoms with E-state index in [1.807, 2.05) is 6.07 Å². The van der Waals surface area contributed by atoms with Gasteiger partial charge in [-0.1, -0.05) is 12.1 Å². The third-order valence-electron chi connectivity index (χ3n) is 3.46. The lowest BCUT2D eigenvalue weighted by atomic mass is 10.2. The summed E-state index contributed by atoms with van der Waals surface area (Å²) in [6, 6.07) is 12.3. The molecule has 0 saturated carbocycles. The van der Waals surface area contributed by atoms with Gasteiger partial charge in [-0.3, -0.25) is 9.71 Å². The second-order valence-electron chi connectivity index (χ2n) is 5.18. The molecule has 0 radical (unpaired) electrons. The van der Waals surface area contributed by atoms with Gasteiger partial charge in [0.2, 0.25) is 0 Å². The number of hydrogen-bond donors (Lipinski definition) is 1. The number of hydrogen-bond acceptors (Lipinski definition) is 4. The minimum atomic E-state index is -3.89. The molecule has 1 N–H and O–H groups in total. The van der Waals surface area contributed by atoms with E-state index in [1.54, 1.807) is 31.4 Å². The Morgan fingerprint density at radius 1 is 1.17 bits per heavy atom. The molecule has 1 heterocycles. The lowest BCUT2D eigenvalue weighted by Crippen LogP contribution is -2.14. The number of aromatic nitrogens is 1. The van der Waals surface area contributed by atoms with Crippen LogP contribution in [-0.4, -0.2) is 20.5 Å². The van der Waals surface area contributed by atoms with Crippen LogP contribution in [0, 0.1) is 5.82 Å². The van der Waals surface area contributed by atoms with Gasteiger partial charge in [-0.15, -0.1) is 0 Å². The maximum atomic E-state index is 13.8. The molecule has 0 spiro atoms. The second kappa shape index (κ2) is 6.54. The molecular weight excluding hydrogens is 331 g/mol. The summed E-state index contributed by atoms with van der Waals surface area (Å²) in [7, 11) is -2.32. The minimum Gasteiger partial charge on any atom is -0.380 e. The molecule has 0 aliphatic heterocycles. The van der Waals surface area contributed by atoms with Gasteiger partial charge in [-0.2, -0.15) is 0 Å². The zero-order valence-electron chi connectivity index (χ0n) is 12.9. The summed E-state index contributed by atoms with van der Waals surface area (Å²) >= 11 is 0. The van der Waals surface area contributed by atoms with Crippen LogP contribution in [0.4, 0.5) is 10.1 Å². The Morgan fingerprint density at radius 3 is 2.79 bits per heavy atom. The van der Waals surface area contributed by atoms with E-state index in [9.17, 15) is 12.8 Å². The molecule has 0 aliphatic carbocycles. The standard InChI is InChI=1S/C17H15FN2O3S/c1-23-11-12-4-2-5-13(10-12)20-24(21,22)16-8-7-15(18)17-14(16)6-3-9-19-17/h2-10,20H,11H2,1H3. The van der Waals surface area contributed by atoms with Crippen molar-refractivity contribution in [3.8, 4) is 0 Å². The van der Waals surface area contributed by atoms with Gasteiger partial charge in [0.05, 0.1) is 11.5 Å². The van der Waals surface area contributed by atoms with Crippen molar-refractivity contribution in [1.82, 2.24) is 4.98 Å². The summed E-state index contributed by atoms with van der Waals surface area (Å²) in [5, 5.41) is 0.234. The fraction of sp³-hybridized carbons (Fsp3) is 0.118. The van der Waals surface area contributed by atoms with E-state index in [0.717, 1.165) is 11.6 Å². The van der Waals surface area contributed by atoms with Crippen LogP contribution >= 0.6 is 0 Å². The molecule has 3 aromatic rings. The van der Waals surface area contributed by atoms with E-state index in [2.05, 4.69) is 9.71 Å². The highest BCUT2D eigenvalue weighted by molar-refractivity contribution is 7.93. The number of fused-ring (bicyclic) bond motifs is 1. The molecule has 0 amide bonds. The van der Waals surface area contributed by atoms with Gasteiger partial charge in [0, 0.05) is 24.4 Å². The second-order valence-corrected chi connectivity index (χ2v) is 6.83. The van der Waals surface area contributed by atoms with Crippen LogP contribution in [0.5, 0.6) is 0 Å². The van der Waals surface area contributed by atoms with Crippen molar-refractivity contribution in [2.24, 2.45) is 0 Å². The molecule has 124 valence electrons. The minimum absolute atomic E-state index is 0.0218. The van der Waals surface area contributed by atoms with Crippen molar-refractivity contribution in [1.29, 1.82) is 0 Å². The number of halogens is 1. The molecule has 0 saturated heterocycles. The fourth-order valence-corrected chi connectivity index (χ4v) is 3.70. The average Bonchev–Trinajstić information content (AvgIpc) is 2.55. The first kappa shape index (κ1) is 16.4.